The lowest BCUT2D eigenvalue weighted by molar-refractivity contribution is -0.190. The molecule has 1 fully saturated rings. The van der Waals surface area contributed by atoms with Crippen molar-refractivity contribution < 1.29 is 19.5 Å². The topological polar surface area (TPSA) is 78.9 Å². The van der Waals surface area contributed by atoms with Gasteiger partial charge in [0.1, 0.15) is 12.1 Å². The Hall–Kier alpha value is -1.14. The molecule has 1 heterocycles. The maximum Gasteiger partial charge on any atom is 0.245 e. The predicted octanol–water partition coefficient (Wildman–Crippen LogP) is -1.35. The third-order valence-corrected chi connectivity index (χ3v) is 2.09. The number of amides is 2. The van der Waals surface area contributed by atoms with Gasteiger partial charge in [-0.2, -0.15) is 0 Å². The minimum absolute atomic E-state index is 0.197. The van der Waals surface area contributed by atoms with E-state index in [0.29, 0.717) is 6.42 Å². The van der Waals surface area contributed by atoms with E-state index in [2.05, 4.69) is 5.32 Å². The quantitative estimate of drug-likeness (QED) is 0.580. The second-order valence-corrected chi connectivity index (χ2v) is 3.12. The highest BCUT2D eigenvalue weighted by atomic mass is 16.7. The zero-order valence-corrected chi connectivity index (χ0v) is 8.19. The molecular formula is C8H14N2O4. The van der Waals surface area contributed by atoms with Gasteiger partial charge < -0.3 is 10.4 Å². The summed E-state index contributed by atoms with van der Waals surface area (Å²) in [5.41, 5.74) is 0. The molecule has 1 rings (SSSR count). The fraction of sp³-hybridized carbons (Fsp3) is 0.750. The molecule has 0 aromatic carbocycles. The number of nitrogens with zero attached hydrogens (tertiary/aromatic N) is 1. The number of carbonyl (C=O) groups excluding carboxylic acids is 2. The molecular weight excluding hydrogens is 188 g/mol. The number of aliphatic hydroxyl groups excluding tert-OH is 1. The molecule has 0 aromatic heterocycles. The van der Waals surface area contributed by atoms with Crippen molar-refractivity contribution in [2.24, 2.45) is 0 Å². The zero-order chi connectivity index (χ0) is 10.7. The Morgan fingerprint density at radius 1 is 1.64 bits per heavy atom. The Morgan fingerprint density at radius 3 is 2.71 bits per heavy atom. The molecule has 0 saturated carbocycles. The van der Waals surface area contributed by atoms with Crippen LogP contribution in [0.5, 0.6) is 0 Å². The minimum Gasteiger partial charge on any atom is -0.394 e. The number of hydrogen-bond acceptors (Lipinski definition) is 4. The number of likely N-dealkylation sites (N-methyl/N-ethyl adjacent to an activating group) is 1. The van der Waals surface area contributed by atoms with E-state index < -0.39 is 12.1 Å². The van der Waals surface area contributed by atoms with Crippen LogP contribution < -0.4 is 5.32 Å². The SMILES string of the molecule is CNC(=O)[C@@H]1C[C@@H](CO)ON1C(C)=O. The molecule has 0 bridgehead atoms. The van der Waals surface area contributed by atoms with E-state index >= 15 is 0 Å². The van der Waals surface area contributed by atoms with Crippen LogP contribution in [0.3, 0.4) is 0 Å². The maximum atomic E-state index is 11.3. The maximum absolute atomic E-state index is 11.3. The van der Waals surface area contributed by atoms with E-state index in [9.17, 15) is 9.59 Å². The molecule has 14 heavy (non-hydrogen) atoms. The molecule has 2 N–H and O–H groups in total. The van der Waals surface area contributed by atoms with Crippen LogP contribution >= 0.6 is 0 Å². The zero-order valence-electron chi connectivity index (χ0n) is 8.19. The summed E-state index contributed by atoms with van der Waals surface area (Å²) < 4.78 is 0. The largest absolute Gasteiger partial charge is 0.394 e. The smallest absolute Gasteiger partial charge is 0.245 e. The molecule has 6 nitrogen and oxygen atoms in total. The van der Waals surface area contributed by atoms with E-state index in [1.54, 1.807) is 0 Å². The van der Waals surface area contributed by atoms with Crippen LogP contribution in [0.15, 0.2) is 0 Å². The highest BCUT2D eigenvalue weighted by molar-refractivity contribution is 5.86. The summed E-state index contributed by atoms with van der Waals surface area (Å²) in [5, 5.41) is 12.3. The first-order chi connectivity index (χ1) is 6.60. The van der Waals surface area contributed by atoms with Crippen molar-refractivity contribution in [2.45, 2.75) is 25.5 Å². The van der Waals surface area contributed by atoms with Crippen LogP contribution in [0.2, 0.25) is 0 Å². The van der Waals surface area contributed by atoms with E-state index in [-0.39, 0.29) is 18.4 Å². The standard InChI is InChI=1S/C8H14N2O4/c1-5(12)10-7(8(13)9-2)3-6(4-11)14-10/h6-7,11H,3-4H2,1-2H3,(H,9,13)/t6-,7-/m0/s1. The van der Waals surface area contributed by atoms with Crippen molar-refractivity contribution in [2.75, 3.05) is 13.7 Å². The van der Waals surface area contributed by atoms with Crippen molar-refractivity contribution in [3.05, 3.63) is 0 Å². The normalized spacial score (nSPS) is 26.4. The van der Waals surface area contributed by atoms with Crippen LogP contribution in [-0.2, 0) is 14.4 Å². The Bertz CT molecular complexity index is 243. The summed E-state index contributed by atoms with van der Waals surface area (Å²) in [6.07, 6.45) is -0.142. The van der Waals surface area contributed by atoms with Crippen molar-refractivity contribution in [1.82, 2.24) is 10.4 Å². The molecule has 1 aliphatic heterocycles. The molecule has 2 amide bonds. The van der Waals surface area contributed by atoms with Gasteiger partial charge in [-0.05, 0) is 0 Å². The van der Waals surface area contributed by atoms with Gasteiger partial charge in [-0.25, -0.2) is 5.06 Å². The van der Waals surface area contributed by atoms with Crippen molar-refractivity contribution >= 4 is 11.8 Å². The van der Waals surface area contributed by atoms with E-state index in [0.717, 1.165) is 5.06 Å². The van der Waals surface area contributed by atoms with Crippen LogP contribution in [0, 0.1) is 0 Å². The molecule has 0 aromatic rings. The first-order valence-electron chi connectivity index (χ1n) is 4.39. The van der Waals surface area contributed by atoms with Gasteiger partial charge in [-0.1, -0.05) is 0 Å². The molecule has 6 heteroatoms. The lowest BCUT2D eigenvalue weighted by Crippen LogP contribution is -2.43. The summed E-state index contributed by atoms with van der Waals surface area (Å²) in [4.78, 5) is 27.5. The van der Waals surface area contributed by atoms with Gasteiger partial charge in [0.15, 0.2) is 0 Å². The van der Waals surface area contributed by atoms with Crippen LogP contribution in [0.25, 0.3) is 0 Å². The minimum atomic E-state index is -0.630. The van der Waals surface area contributed by atoms with Crippen LogP contribution in [-0.4, -0.2) is 47.8 Å². The second kappa shape index (κ2) is 4.39. The molecule has 0 unspecified atom stereocenters. The van der Waals surface area contributed by atoms with Gasteiger partial charge in [0, 0.05) is 20.4 Å². The number of hydrogen-bond donors (Lipinski definition) is 2. The van der Waals surface area contributed by atoms with E-state index in [4.69, 9.17) is 9.94 Å². The first kappa shape index (κ1) is 10.9. The average molecular weight is 202 g/mol. The van der Waals surface area contributed by atoms with Gasteiger partial charge >= 0.3 is 0 Å². The number of rotatable bonds is 2. The second-order valence-electron chi connectivity index (χ2n) is 3.12. The molecule has 0 radical (unpaired) electrons. The van der Waals surface area contributed by atoms with Gasteiger partial charge in [0.25, 0.3) is 0 Å². The van der Waals surface area contributed by atoms with Crippen LogP contribution in [0.1, 0.15) is 13.3 Å². The fourth-order valence-corrected chi connectivity index (χ4v) is 1.40. The number of aliphatic hydroxyl groups is 1. The van der Waals surface area contributed by atoms with Gasteiger partial charge in [-0.3, -0.25) is 14.4 Å². The molecule has 0 spiro atoms. The highest BCUT2D eigenvalue weighted by Crippen LogP contribution is 2.20. The Kier molecular flexibility index (Phi) is 3.43. The first-order valence-corrected chi connectivity index (χ1v) is 4.39. The number of carbonyl (C=O) groups is 2. The summed E-state index contributed by atoms with van der Waals surface area (Å²) in [6, 6.07) is -0.630. The Morgan fingerprint density at radius 2 is 2.29 bits per heavy atom. The molecule has 2 atom stereocenters. The number of nitrogens with one attached hydrogen (secondary N) is 1. The lowest BCUT2D eigenvalue weighted by atomic mass is 10.1. The third kappa shape index (κ3) is 2.02. The van der Waals surface area contributed by atoms with E-state index in [1.807, 2.05) is 0 Å². The van der Waals surface area contributed by atoms with Gasteiger partial charge in [0.2, 0.25) is 11.8 Å². The summed E-state index contributed by atoms with van der Waals surface area (Å²) >= 11 is 0. The third-order valence-electron chi connectivity index (χ3n) is 2.09. The predicted molar refractivity (Wildman–Crippen MR) is 47.0 cm³/mol. The Balaban J connectivity index is 2.71. The monoisotopic (exact) mass is 202 g/mol. The number of hydroxylamine groups is 2. The lowest BCUT2D eigenvalue weighted by Gasteiger charge is -2.19. The highest BCUT2D eigenvalue weighted by Gasteiger charge is 2.39. The molecule has 1 saturated heterocycles. The van der Waals surface area contributed by atoms with Crippen molar-refractivity contribution in [3.8, 4) is 0 Å². The average Bonchev–Trinajstić information content (AvgIpc) is 2.60. The molecule has 80 valence electrons. The summed E-state index contributed by atoms with van der Waals surface area (Å²) in [7, 11) is 1.49. The Labute approximate surface area is 81.8 Å². The molecule has 1 aliphatic rings. The summed E-state index contributed by atoms with van der Waals surface area (Å²) in [6.45, 7) is 1.12. The van der Waals surface area contributed by atoms with Crippen molar-refractivity contribution in [1.29, 1.82) is 0 Å². The van der Waals surface area contributed by atoms with Gasteiger partial charge in [0.05, 0.1) is 6.61 Å². The van der Waals surface area contributed by atoms with Crippen molar-refractivity contribution in [3.63, 3.8) is 0 Å². The van der Waals surface area contributed by atoms with Crippen LogP contribution in [0.4, 0.5) is 0 Å². The molecule has 0 aliphatic carbocycles. The fourth-order valence-electron chi connectivity index (χ4n) is 1.40. The van der Waals surface area contributed by atoms with Gasteiger partial charge in [-0.15, -0.1) is 0 Å². The van der Waals surface area contributed by atoms with E-state index in [1.165, 1.54) is 14.0 Å². The summed E-state index contributed by atoms with van der Waals surface area (Å²) in [5.74, 6) is -0.620.